The first kappa shape index (κ1) is 22.6. The monoisotopic (exact) mass is 440 g/mol. The third kappa shape index (κ3) is 5.73. The molecule has 2 aromatic carbocycles. The van der Waals surface area contributed by atoms with Gasteiger partial charge in [0.05, 0.1) is 18.5 Å². The number of hydrogen-bond acceptors (Lipinski definition) is 5. The maximum Gasteiger partial charge on any atom is 0.257 e. The second-order valence-corrected chi connectivity index (χ2v) is 8.03. The number of piperazine rings is 1. The van der Waals surface area contributed by atoms with Crippen molar-refractivity contribution in [1.29, 1.82) is 0 Å². The van der Waals surface area contributed by atoms with Crippen LogP contribution in [-0.4, -0.2) is 55.1 Å². The van der Waals surface area contributed by atoms with Crippen LogP contribution < -0.4 is 20.3 Å². The molecule has 0 aliphatic carbocycles. The van der Waals surface area contributed by atoms with E-state index in [1.54, 1.807) is 31.4 Å². The summed E-state index contributed by atoms with van der Waals surface area (Å²) in [4.78, 5) is 28.8. The van der Waals surface area contributed by atoms with Gasteiger partial charge in [-0.15, -0.1) is 0 Å². The second kappa shape index (κ2) is 10.3. The first-order valence-electron chi connectivity index (χ1n) is 10.3. The van der Waals surface area contributed by atoms with Crippen LogP contribution in [0.1, 0.15) is 24.2 Å². The van der Waals surface area contributed by atoms with Crippen LogP contribution in [0.4, 0.5) is 11.4 Å². The van der Waals surface area contributed by atoms with Gasteiger partial charge in [-0.05, 0) is 48.6 Å². The lowest BCUT2D eigenvalue weighted by molar-refractivity contribution is -0.134. The number of rotatable bonds is 5. The zero-order chi connectivity index (χ0) is 22.4. The van der Waals surface area contributed by atoms with Gasteiger partial charge in [-0.3, -0.25) is 14.9 Å². The fraction of sp³-hybridized carbons (Fsp3) is 0.348. The minimum atomic E-state index is -0.293. The Balaban J connectivity index is 1.62. The van der Waals surface area contributed by atoms with Crippen molar-refractivity contribution >= 4 is 40.5 Å². The molecule has 0 aromatic heterocycles. The summed E-state index contributed by atoms with van der Waals surface area (Å²) in [6.07, 6.45) is 0. The minimum Gasteiger partial charge on any atom is -0.497 e. The summed E-state index contributed by atoms with van der Waals surface area (Å²) in [6, 6.07) is 14.6. The maximum atomic E-state index is 12.5. The third-order valence-corrected chi connectivity index (χ3v) is 5.36. The molecule has 1 saturated heterocycles. The Labute approximate surface area is 188 Å². The lowest BCUT2D eigenvalue weighted by atomic mass is 10.1. The molecule has 0 atom stereocenters. The van der Waals surface area contributed by atoms with Gasteiger partial charge in [-0.25, -0.2) is 0 Å². The predicted molar refractivity (Wildman–Crippen MR) is 127 cm³/mol. The molecule has 0 radical (unpaired) electrons. The number of benzene rings is 2. The lowest BCUT2D eigenvalue weighted by Gasteiger charge is -2.37. The van der Waals surface area contributed by atoms with E-state index in [1.807, 2.05) is 43.0 Å². The maximum absolute atomic E-state index is 12.5. The lowest BCUT2D eigenvalue weighted by Crippen LogP contribution is -2.50. The molecule has 2 N–H and O–H groups in total. The number of ether oxygens (including phenoxy) is 1. The number of carbonyl (C=O) groups is 2. The molecule has 1 heterocycles. The summed E-state index contributed by atoms with van der Waals surface area (Å²) in [6.45, 7) is 6.70. The van der Waals surface area contributed by atoms with E-state index >= 15 is 0 Å². The SMILES string of the molecule is COc1ccc(C(=O)NC(=S)Nc2ccccc2N2CCN(C(=O)C(C)C)CC2)cc1. The summed E-state index contributed by atoms with van der Waals surface area (Å²) in [5, 5.41) is 6.08. The number of nitrogens with one attached hydrogen (secondary N) is 2. The first-order chi connectivity index (χ1) is 14.9. The van der Waals surface area contributed by atoms with Crippen molar-refractivity contribution in [1.82, 2.24) is 10.2 Å². The van der Waals surface area contributed by atoms with Crippen LogP contribution >= 0.6 is 12.2 Å². The Hall–Kier alpha value is -3.13. The smallest absolute Gasteiger partial charge is 0.257 e. The summed E-state index contributed by atoms with van der Waals surface area (Å²) in [7, 11) is 1.58. The van der Waals surface area contributed by atoms with E-state index in [4.69, 9.17) is 17.0 Å². The van der Waals surface area contributed by atoms with Crippen LogP contribution in [-0.2, 0) is 4.79 Å². The van der Waals surface area contributed by atoms with Gasteiger partial charge in [0.1, 0.15) is 5.75 Å². The Morgan fingerprint density at radius 1 is 1.00 bits per heavy atom. The number of methoxy groups -OCH3 is 1. The summed E-state index contributed by atoms with van der Waals surface area (Å²) in [5.74, 6) is 0.584. The van der Waals surface area contributed by atoms with Gasteiger partial charge in [-0.1, -0.05) is 26.0 Å². The van der Waals surface area contributed by atoms with Gasteiger partial charge in [0.15, 0.2) is 5.11 Å². The van der Waals surface area contributed by atoms with Gasteiger partial charge in [-0.2, -0.15) is 0 Å². The molecule has 7 nitrogen and oxygen atoms in total. The molecule has 1 aliphatic heterocycles. The zero-order valence-electron chi connectivity index (χ0n) is 18.1. The van der Waals surface area contributed by atoms with Crippen molar-refractivity contribution in [2.24, 2.45) is 5.92 Å². The summed E-state index contributed by atoms with van der Waals surface area (Å²) >= 11 is 5.36. The van der Waals surface area contributed by atoms with E-state index < -0.39 is 0 Å². The van der Waals surface area contributed by atoms with Crippen LogP contribution in [0.5, 0.6) is 5.75 Å². The van der Waals surface area contributed by atoms with Crippen molar-refractivity contribution in [2.45, 2.75) is 13.8 Å². The Bertz CT molecular complexity index is 938. The molecular weight excluding hydrogens is 412 g/mol. The van der Waals surface area contributed by atoms with E-state index in [1.165, 1.54) is 0 Å². The van der Waals surface area contributed by atoms with Crippen molar-refractivity contribution < 1.29 is 14.3 Å². The topological polar surface area (TPSA) is 73.9 Å². The number of nitrogens with zero attached hydrogens (tertiary/aromatic N) is 2. The molecule has 0 bridgehead atoms. The highest BCUT2D eigenvalue weighted by atomic mass is 32.1. The highest BCUT2D eigenvalue weighted by molar-refractivity contribution is 7.80. The third-order valence-electron chi connectivity index (χ3n) is 5.16. The van der Waals surface area contributed by atoms with Crippen LogP contribution in [0, 0.1) is 5.92 Å². The number of thiocarbonyl (C=S) groups is 1. The Kier molecular flexibility index (Phi) is 7.46. The molecule has 1 aliphatic rings. The largest absolute Gasteiger partial charge is 0.497 e. The highest BCUT2D eigenvalue weighted by Crippen LogP contribution is 2.27. The Morgan fingerprint density at radius 3 is 2.26 bits per heavy atom. The molecule has 0 unspecified atom stereocenters. The standard InChI is InChI=1S/C23H28N4O3S/c1-16(2)22(29)27-14-12-26(13-15-27)20-7-5-4-6-19(20)24-23(31)25-21(28)17-8-10-18(30-3)11-9-17/h4-11,16H,12-15H2,1-3H3,(H2,24,25,28,31). The fourth-order valence-corrected chi connectivity index (χ4v) is 3.66. The highest BCUT2D eigenvalue weighted by Gasteiger charge is 2.24. The quantitative estimate of drug-likeness (QED) is 0.696. The Morgan fingerprint density at radius 2 is 1.65 bits per heavy atom. The summed E-state index contributed by atoms with van der Waals surface area (Å²) in [5.41, 5.74) is 2.29. The van der Waals surface area contributed by atoms with Crippen molar-refractivity contribution in [2.75, 3.05) is 43.5 Å². The molecule has 3 rings (SSSR count). The number of amides is 2. The van der Waals surface area contributed by atoms with Gasteiger partial charge in [0.25, 0.3) is 5.91 Å². The normalized spacial score (nSPS) is 13.7. The number of anilines is 2. The van der Waals surface area contributed by atoms with Gasteiger partial charge in [0, 0.05) is 37.7 Å². The minimum absolute atomic E-state index is 0.00666. The molecule has 0 saturated carbocycles. The van der Waals surface area contributed by atoms with E-state index in [0.717, 1.165) is 24.5 Å². The van der Waals surface area contributed by atoms with E-state index in [-0.39, 0.29) is 22.8 Å². The van der Waals surface area contributed by atoms with Crippen molar-refractivity contribution in [3.05, 3.63) is 54.1 Å². The van der Waals surface area contributed by atoms with Gasteiger partial charge >= 0.3 is 0 Å². The average Bonchev–Trinajstić information content (AvgIpc) is 2.79. The molecule has 31 heavy (non-hydrogen) atoms. The molecular formula is C23H28N4O3S. The van der Waals surface area contributed by atoms with Crippen LogP contribution in [0.15, 0.2) is 48.5 Å². The van der Waals surface area contributed by atoms with E-state index in [9.17, 15) is 9.59 Å². The number of hydrogen-bond donors (Lipinski definition) is 2. The zero-order valence-corrected chi connectivity index (χ0v) is 18.9. The molecule has 0 spiro atoms. The van der Waals surface area contributed by atoms with Crippen molar-refractivity contribution in [3.63, 3.8) is 0 Å². The molecule has 2 aromatic rings. The average molecular weight is 441 g/mol. The van der Waals surface area contributed by atoms with E-state index in [0.29, 0.717) is 24.4 Å². The van der Waals surface area contributed by atoms with Crippen LogP contribution in [0.3, 0.4) is 0 Å². The predicted octanol–water partition coefficient (Wildman–Crippen LogP) is 3.13. The molecule has 164 valence electrons. The van der Waals surface area contributed by atoms with Gasteiger partial charge in [0.2, 0.25) is 5.91 Å². The number of carbonyl (C=O) groups excluding carboxylic acids is 2. The fourth-order valence-electron chi connectivity index (χ4n) is 3.46. The van der Waals surface area contributed by atoms with Crippen molar-refractivity contribution in [3.8, 4) is 5.75 Å². The molecule has 1 fully saturated rings. The second-order valence-electron chi connectivity index (χ2n) is 7.62. The first-order valence-corrected chi connectivity index (χ1v) is 10.7. The summed E-state index contributed by atoms with van der Waals surface area (Å²) < 4.78 is 5.11. The van der Waals surface area contributed by atoms with Crippen LogP contribution in [0.2, 0.25) is 0 Å². The van der Waals surface area contributed by atoms with Gasteiger partial charge < -0.3 is 19.9 Å². The molecule has 2 amide bonds. The van der Waals surface area contributed by atoms with Crippen LogP contribution in [0.25, 0.3) is 0 Å². The van der Waals surface area contributed by atoms with E-state index in [2.05, 4.69) is 15.5 Å². The molecule has 8 heteroatoms. The number of para-hydroxylation sites is 2.